The Morgan fingerprint density at radius 2 is 1.12 bits per heavy atom. The molecule has 3 aromatic heterocycles. The molecule has 3 heteroatoms. The Morgan fingerprint density at radius 1 is 0.439 bits per heavy atom. The summed E-state index contributed by atoms with van der Waals surface area (Å²) in [7, 11) is 0. The summed E-state index contributed by atoms with van der Waals surface area (Å²) in [6.45, 7) is 0. The summed E-state index contributed by atoms with van der Waals surface area (Å²) >= 11 is 3.77. The number of hydrogen-bond acceptors (Lipinski definition) is 2. The Morgan fingerprint density at radius 3 is 2.00 bits per heavy atom. The first-order valence-corrected chi connectivity index (χ1v) is 15.5. The number of benzene rings is 6. The Labute approximate surface area is 245 Å². The zero-order valence-electron chi connectivity index (χ0n) is 22.0. The lowest BCUT2D eigenvalue weighted by atomic mass is 9.97. The summed E-state index contributed by atoms with van der Waals surface area (Å²) in [5.41, 5.74) is 8.76. The summed E-state index contributed by atoms with van der Waals surface area (Å²) in [6, 6.07) is 51.0. The maximum absolute atomic E-state index is 2.45. The summed E-state index contributed by atoms with van der Waals surface area (Å²) in [6.07, 6.45) is 0. The molecule has 0 fully saturated rings. The van der Waals surface area contributed by atoms with Gasteiger partial charge in [0.25, 0.3) is 0 Å². The number of hydrogen-bond donors (Lipinski definition) is 0. The first kappa shape index (κ1) is 23.0. The van der Waals surface area contributed by atoms with Crippen LogP contribution in [-0.4, -0.2) is 4.57 Å². The van der Waals surface area contributed by atoms with Crippen molar-refractivity contribution in [2.45, 2.75) is 0 Å². The molecule has 0 saturated heterocycles. The predicted octanol–water partition coefficient (Wildman–Crippen LogP) is 11.7. The van der Waals surface area contributed by atoms with E-state index in [-0.39, 0.29) is 0 Å². The number of para-hydroxylation sites is 2. The van der Waals surface area contributed by atoms with Crippen molar-refractivity contribution in [3.8, 4) is 27.9 Å². The zero-order chi connectivity index (χ0) is 26.9. The monoisotopic (exact) mass is 557 g/mol. The van der Waals surface area contributed by atoms with Gasteiger partial charge in [0.2, 0.25) is 0 Å². The molecular weight excluding hydrogens is 535 g/mol. The molecule has 0 amide bonds. The minimum atomic E-state index is 1.19. The second kappa shape index (κ2) is 8.90. The zero-order valence-corrected chi connectivity index (χ0v) is 23.7. The molecule has 1 nitrogen and oxygen atoms in total. The molecule has 0 unspecified atom stereocenters. The van der Waals surface area contributed by atoms with Gasteiger partial charge < -0.3 is 4.57 Å². The average molecular weight is 558 g/mol. The molecule has 9 rings (SSSR count). The fourth-order valence-electron chi connectivity index (χ4n) is 6.34. The molecule has 9 aromatic rings. The van der Waals surface area contributed by atoms with Gasteiger partial charge in [0.05, 0.1) is 15.7 Å². The fourth-order valence-corrected chi connectivity index (χ4v) is 8.68. The quantitative estimate of drug-likeness (QED) is 0.204. The maximum Gasteiger partial charge on any atom is 0.0734 e. The van der Waals surface area contributed by atoms with E-state index in [1.165, 1.54) is 79.3 Å². The van der Waals surface area contributed by atoms with E-state index >= 15 is 0 Å². The smallest absolute Gasteiger partial charge is 0.0734 e. The van der Waals surface area contributed by atoms with Crippen LogP contribution in [0.1, 0.15) is 0 Å². The van der Waals surface area contributed by atoms with Crippen molar-refractivity contribution < 1.29 is 0 Å². The Balaban J connectivity index is 1.23. The lowest BCUT2D eigenvalue weighted by molar-refractivity contribution is 1.19. The molecule has 192 valence electrons. The minimum absolute atomic E-state index is 1.19. The van der Waals surface area contributed by atoms with Crippen LogP contribution in [0.4, 0.5) is 0 Å². The van der Waals surface area contributed by atoms with Crippen molar-refractivity contribution in [2.24, 2.45) is 0 Å². The second-order valence-electron chi connectivity index (χ2n) is 10.5. The lowest BCUT2D eigenvalue weighted by Gasteiger charge is -2.11. The number of aromatic nitrogens is 1. The van der Waals surface area contributed by atoms with Crippen LogP contribution >= 0.6 is 22.7 Å². The van der Waals surface area contributed by atoms with Gasteiger partial charge in [-0.25, -0.2) is 0 Å². The van der Waals surface area contributed by atoms with Crippen LogP contribution in [0.25, 0.3) is 79.3 Å². The van der Waals surface area contributed by atoms with Crippen LogP contribution in [0.15, 0.2) is 140 Å². The largest absolute Gasteiger partial charge is 0.308 e. The molecule has 0 saturated carbocycles. The highest BCUT2D eigenvalue weighted by molar-refractivity contribution is 7.27. The van der Waals surface area contributed by atoms with E-state index in [1.54, 1.807) is 0 Å². The van der Waals surface area contributed by atoms with Gasteiger partial charge in [0.15, 0.2) is 0 Å². The van der Waals surface area contributed by atoms with Gasteiger partial charge in [0.1, 0.15) is 0 Å². The topological polar surface area (TPSA) is 4.93 Å². The predicted molar refractivity (Wildman–Crippen MR) is 180 cm³/mol. The third kappa shape index (κ3) is 3.46. The van der Waals surface area contributed by atoms with E-state index in [0.717, 1.165) is 0 Å². The highest BCUT2D eigenvalue weighted by atomic mass is 32.1. The molecule has 6 aromatic carbocycles. The van der Waals surface area contributed by atoms with Crippen molar-refractivity contribution in [3.63, 3.8) is 0 Å². The van der Waals surface area contributed by atoms with Crippen LogP contribution in [0, 0.1) is 0 Å². The first-order valence-electron chi connectivity index (χ1n) is 13.9. The lowest BCUT2D eigenvalue weighted by Crippen LogP contribution is -1.93. The van der Waals surface area contributed by atoms with Crippen LogP contribution in [0.3, 0.4) is 0 Å². The summed E-state index contributed by atoms with van der Waals surface area (Å²) in [5, 5.41) is 5.32. The van der Waals surface area contributed by atoms with E-state index < -0.39 is 0 Å². The van der Waals surface area contributed by atoms with Crippen molar-refractivity contribution in [1.82, 2.24) is 4.57 Å². The van der Waals surface area contributed by atoms with Crippen molar-refractivity contribution in [1.29, 1.82) is 0 Å². The Bertz CT molecular complexity index is 2400. The van der Waals surface area contributed by atoms with Crippen LogP contribution in [0.5, 0.6) is 0 Å². The first-order chi connectivity index (χ1) is 20.3. The highest BCUT2D eigenvalue weighted by Gasteiger charge is 2.20. The third-order valence-electron chi connectivity index (χ3n) is 8.22. The SMILES string of the molecule is c1ccc(-n2c3ccccc3c3sc4cccc(-c5ccc(-c6ccc7sc8ccccc8c7c6)cc5)c4c32)cc1. The van der Waals surface area contributed by atoms with Gasteiger partial charge in [-0.3, -0.25) is 0 Å². The van der Waals surface area contributed by atoms with Gasteiger partial charge >= 0.3 is 0 Å². The molecule has 0 bridgehead atoms. The highest BCUT2D eigenvalue weighted by Crippen LogP contribution is 2.46. The molecule has 3 heterocycles. The van der Waals surface area contributed by atoms with Crippen LogP contribution in [0.2, 0.25) is 0 Å². The molecule has 0 N–H and O–H groups in total. The fraction of sp³-hybridized carbons (Fsp3) is 0. The van der Waals surface area contributed by atoms with Crippen molar-refractivity contribution >= 4 is 74.1 Å². The summed E-state index contributed by atoms with van der Waals surface area (Å²) in [5.74, 6) is 0. The van der Waals surface area contributed by atoms with E-state index in [9.17, 15) is 0 Å². The molecule has 0 atom stereocenters. The molecule has 0 aliphatic rings. The third-order valence-corrected chi connectivity index (χ3v) is 10.6. The summed E-state index contributed by atoms with van der Waals surface area (Å²) in [4.78, 5) is 0. The van der Waals surface area contributed by atoms with E-state index in [0.29, 0.717) is 0 Å². The van der Waals surface area contributed by atoms with Gasteiger partial charge in [-0.05, 0) is 64.7 Å². The average Bonchev–Trinajstić information content (AvgIpc) is 3.70. The van der Waals surface area contributed by atoms with Crippen molar-refractivity contribution in [2.75, 3.05) is 0 Å². The molecule has 0 radical (unpaired) electrons. The second-order valence-corrected chi connectivity index (χ2v) is 12.7. The normalized spacial score (nSPS) is 11.9. The minimum Gasteiger partial charge on any atom is -0.308 e. The van der Waals surface area contributed by atoms with Crippen LogP contribution < -0.4 is 0 Å². The Hall–Kier alpha value is -4.70. The molecule has 0 aliphatic carbocycles. The number of rotatable bonds is 3. The standard InChI is InChI=1S/C38H23NS2/c1-2-9-27(10-3-1)39-32-14-6-4-12-30(32)38-37(39)36-28(13-8-16-35(36)41-38)25-19-17-24(18-20-25)26-21-22-34-31(23-26)29-11-5-7-15-33(29)40-34/h1-23H. The van der Waals surface area contributed by atoms with Gasteiger partial charge in [-0.15, -0.1) is 22.7 Å². The number of fused-ring (bicyclic) bond motifs is 8. The summed E-state index contributed by atoms with van der Waals surface area (Å²) < 4.78 is 7.80. The van der Waals surface area contributed by atoms with E-state index in [4.69, 9.17) is 0 Å². The maximum atomic E-state index is 2.45. The molecule has 0 aliphatic heterocycles. The van der Waals surface area contributed by atoms with E-state index in [1.807, 2.05) is 22.7 Å². The number of thiophene rings is 2. The van der Waals surface area contributed by atoms with Gasteiger partial charge in [-0.1, -0.05) is 97.1 Å². The van der Waals surface area contributed by atoms with E-state index in [2.05, 4.69) is 144 Å². The Kier molecular flexibility index (Phi) is 5.00. The number of nitrogens with zero attached hydrogens (tertiary/aromatic N) is 1. The van der Waals surface area contributed by atoms with Gasteiger partial charge in [-0.2, -0.15) is 0 Å². The molecule has 0 spiro atoms. The van der Waals surface area contributed by atoms with Crippen LogP contribution in [-0.2, 0) is 0 Å². The molecular formula is C38H23NS2. The van der Waals surface area contributed by atoms with Crippen molar-refractivity contribution in [3.05, 3.63) is 140 Å². The molecule has 41 heavy (non-hydrogen) atoms. The van der Waals surface area contributed by atoms with Gasteiger partial charge in [0, 0.05) is 41.3 Å².